The van der Waals surface area contributed by atoms with E-state index in [9.17, 15) is 14.4 Å². The van der Waals surface area contributed by atoms with Gasteiger partial charge < -0.3 is 4.90 Å². The molecule has 2 heterocycles. The van der Waals surface area contributed by atoms with Crippen LogP contribution in [0.2, 0.25) is 10.0 Å². The summed E-state index contributed by atoms with van der Waals surface area (Å²) >= 11 is 12.0. The Bertz CT molecular complexity index is 1030. The molecule has 2 fully saturated rings. The van der Waals surface area contributed by atoms with E-state index >= 15 is 0 Å². The zero-order valence-corrected chi connectivity index (χ0v) is 16.8. The van der Waals surface area contributed by atoms with Crippen LogP contribution in [-0.2, 0) is 9.59 Å². The van der Waals surface area contributed by atoms with Gasteiger partial charge in [0.2, 0.25) is 0 Å². The van der Waals surface area contributed by atoms with Crippen molar-refractivity contribution >= 4 is 58.5 Å². The first-order valence-corrected chi connectivity index (χ1v) is 9.91. The van der Waals surface area contributed by atoms with Crippen molar-refractivity contribution in [1.82, 2.24) is 5.32 Å². The number of carbonyl (C=O) groups excluding carboxylic acids is 3. The maximum atomic E-state index is 12.9. The number of amides is 4. The molecule has 2 aliphatic heterocycles. The molecule has 2 saturated heterocycles. The molecule has 1 N–H and O–H groups in total. The Labute approximate surface area is 177 Å². The minimum atomic E-state index is -0.856. The second-order valence-corrected chi connectivity index (χ2v) is 7.68. The summed E-state index contributed by atoms with van der Waals surface area (Å²) in [6.07, 6.45) is 3.82. The average Bonchev–Trinajstić information content (AvgIpc) is 3.22. The van der Waals surface area contributed by atoms with E-state index in [-0.39, 0.29) is 16.3 Å². The minimum Gasteiger partial charge on any atom is -0.372 e. The average molecular weight is 430 g/mol. The van der Waals surface area contributed by atoms with Gasteiger partial charge in [-0.05, 0) is 54.8 Å². The van der Waals surface area contributed by atoms with Crippen LogP contribution in [0.3, 0.4) is 0 Å². The van der Waals surface area contributed by atoms with Crippen molar-refractivity contribution in [3.63, 3.8) is 0 Å². The number of nitrogens with zero attached hydrogens (tertiary/aromatic N) is 2. The molecular formula is C21H17Cl2N3O3. The second kappa shape index (κ2) is 7.89. The van der Waals surface area contributed by atoms with E-state index < -0.39 is 17.8 Å². The van der Waals surface area contributed by atoms with Crippen LogP contribution < -0.4 is 15.1 Å². The number of imide groups is 2. The van der Waals surface area contributed by atoms with Crippen LogP contribution >= 0.6 is 23.2 Å². The van der Waals surface area contributed by atoms with Gasteiger partial charge in [-0.2, -0.15) is 0 Å². The zero-order chi connectivity index (χ0) is 20.5. The molecule has 0 aromatic heterocycles. The number of carbonyl (C=O) groups is 3. The summed E-state index contributed by atoms with van der Waals surface area (Å²) in [5.74, 6) is -1.49. The number of barbiturate groups is 1. The standard InChI is InChI=1S/C21H17Cl2N3O3/c22-14-5-8-18(17(23)12-14)26-20(28)16(19(27)24-21(26)29)11-13-3-6-15(7-4-13)25-9-1-2-10-25/h3-8,11-12H,1-2,9-10H2,(H,24,27,29)/b16-11-. The Hall–Kier alpha value is -2.83. The molecule has 4 rings (SSSR count). The van der Waals surface area contributed by atoms with Gasteiger partial charge in [-0.15, -0.1) is 0 Å². The van der Waals surface area contributed by atoms with Crippen LogP contribution in [0.1, 0.15) is 18.4 Å². The maximum absolute atomic E-state index is 12.9. The smallest absolute Gasteiger partial charge is 0.335 e. The highest BCUT2D eigenvalue weighted by atomic mass is 35.5. The largest absolute Gasteiger partial charge is 0.372 e. The van der Waals surface area contributed by atoms with Crippen molar-refractivity contribution in [1.29, 1.82) is 0 Å². The third-order valence-corrected chi connectivity index (χ3v) is 5.47. The van der Waals surface area contributed by atoms with Gasteiger partial charge in [0.1, 0.15) is 5.57 Å². The molecule has 29 heavy (non-hydrogen) atoms. The molecular weight excluding hydrogens is 413 g/mol. The normalized spacial score (nSPS) is 18.6. The van der Waals surface area contributed by atoms with E-state index in [2.05, 4.69) is 10.2 Å². The van der Waals surface area contributed by atoms with Crippen LogP contribution in [-0.4, -0.2) is 30.9 Å². The lowest BCUT2D eigenvalue weighted by Crippen LogP contribution is -2.54. The van der Waals surface area contributed by atoms with Crippen LogP contribution in [0, 0.1) is 0 Å². The van der Waals surface area contributed by atoms with Gasteiger partial charge in [0.25, 0.3) is 11.8 Å². The Morgan fingerprint density at radius 3 is 2.28 bits per heavy atom. The SMILES string of the molecule is O=C1NC(=O)N(c2ccc(Cl)cc2Cl)C(=O)/C1=C\c1ccc(N2CCCC2)cc1. The third-order valence-electron chi connectivity index (χ3n) is 4.93. The van der Waals surface area contributed by atoms with E-state index in [0.29, 0.717) is 10.6 Å². The third kappa shape index (κ3) is 3.86. The molecule has 4 amide bonds. The summed E-state index contributed by atoms with van der Waals surface area (Å²) in [7, 11) is 0. The number of benzene rings is 2. The number of urea groups is 1. The van der Waals surface area contributed by atoms with E-state index in [1.165, 1.54) is 37.1 Å². The van der Waals surface area contributed by atoms with Crippen molar-refractivity contribution in [2.75, 3.05) is 22.9 Å². The Morgan fingerprint density at radius 1 is 0.931 bits per heavy atom. The quantitative estimate of drug-likeness (QED) is 0.584. The molecule has 6 nitrogen and oxygen atoms in total. The van der Waals surface area contributed by atoms with Crippen molar-refractivity contribution in [3.8, 4) is 0 Å². The lowest BCUT2D eigenvalue weighted by atomic mass is 10.1. The summed E-state index contributed by atoms with van der Waals surface area (Å²) in [6.45, 7) is 2.06. The number of rotatable bonds is 3. The van der Waals surface area contributed by atoms with Gasteiger partial charge in [-0.25, -0.2) is 9.69 Å². The molecule has 2 aromatic rings. The fourth-order valence-electron chi connectivity index (χ4n) is 3.46. The van der Waals surface area contributed by atoms with Crippen LogP contribution in [0.15, 0.2) is 48.0 Å². The van der Waals surface area contributed by atoms with E-state index in [1.807, 2.05) is 24.3 Å². The first kappa shape index (κ1) is 19.5. The van der Waals surface area contributed by atoms with Gasteiger partial charge in [0, 0.05) is 23.8 Å². The first-order valence-electron chi connectivity index (χ1n) is 9.15. The molecule has 2 aromatic carbocycles. The predicted molar refractivity (Wildman–Crippen MR) is 113 cm³/mol. The van der Waals surface area contributed by atoms with Gasteiger partial charge in [0.05, 0.1) is 10.7 Å². The highest BCUT2D eigenvalue weighted by Crippen LogP contribution is 2.31. The van der Waals surface area contributed by atoms with Crippen molar-refractivity contribution < 1.29 is 14.4 Å². The zero-order valence-electron chi connectivity index (χ0n) is 15.3. The molecule has 0 bridgehead atoms. The maximum Gasteiger partial charge on any atom is 0.335 e. The second-order valence-electron chi connectivity index (χ2n) is 6.84. The predicted octanol–water partition coefficient (Wildman–Crippen LogP) is 4.26. The van der Waals surface area contributed by atoms with Crippen LogP contribution in [0.5, 0.6) is 0 Å². The molecule has 8 heteroatoms. The number of halogens is 2. The molecule has 0 atom stereocenters. The molecule has 0 spiro atoms. The number of nitrogens with one attached hydrogen (secondary N) is 1. The van der Waals surface area contributed by atoms with Gasteiger partial charge >= 0.3 is 6.03 Å². The lowest BCUT2D eigenvalue weighted by Gasteiger charge is -2.27. The van der Waals surface area contributed by atoms with Crippen LogP contribution in [0.4, 0.5) is 16.2 Å². The van der Waals surface area contributed by atoms with Gasteiger partial charge in [0.15, 0.2) is 0 Å². The van der Waals surface area contributed by atoms with Crippen molar-refractivity contribution in [3.05, 3.63) is 63.6 Å². The summed E-state index contributed by atoms with van der Waals surface area (Å²) in [5.41, 5.74) is 1.79. The Kier molecular flexibility index (Phi) is 5.30. The van der Waals surface area contributed by atoms with Gasteiger partial charge in [-0.3, -0.25) is 14.9 Å². The fourth-order valence-corrected chi connectivity index (χ4v) is 3.96. The summed E-state index contributed by atoms with van der Waals surface area (Å²) < 4.78 is 0. The van der Waals surface area contributed by atoms with Crippen LogP contribution in [0.25, 0.3) is 6.08 Å². The highest BCUT2D eigenvalue weighted by molar-refractivity contribution is 6.42. The van der Waals surface area contributed by atoms with Crippen molar-refractivity contribution in [2.45, 2.75) is 12.8 Å². The minimum absolute atomic E-state index is 0.129. The summed E-state index contributed by atoms with van der Waals surface area (Å²) in [5, 5.41) is 2.68. The molecule has 148 valence electrons. The number of hydrogen-bond acceptors (Lipinski definition) is 4. The highest BCUT2D eigenvalue weighted by Gasteiger charge is 2.37. The molecule has 0 saturated carbocycles. The van der Waals surface area contributed by atoms with E-state index in [4.69, 9.17) is 23.2 Å². The topological polar surface area (TPSA) is 69.7 Å². The molecule has 0 aliphatic carbocycles. The fraction of sp³-hybridized carbons (Fsp3) is 0.190. The Morgan fingerprint density at radius 2 is 1.62 bits per heavy atom. The summed E-state index contributed by atoms with van der Waals surface area (Å²) in [4.78, 5) is 40.7. The van der Waals surface area contributed by atoms with Gasteiger partial charge in [-0.1, -0.05) is 35.3 Å². The molecule has 0 unspecified atom stereocenters. The summed E-state index contributed by atoms with van der Waals surface area (Å²) in [6, 6.07) is 11.2. The van der Waals surface area contributed by atoms with E-state index in [1.54, 1.807) is 0 Å². The molecule has 2 aliphatic rings. The lowest BCUT2D eigenvalue weighted by molar-refractivity contribution is -0.122. The molecule has 0 radical (unpaired) electrons. The number of hydrogen-bond donors (Lipinski definition) is 1. The van der Waals surface area contributed by atoms with Crippen molar-refractivity contribution in [2.24, 2.45) is 0 Å². The first-order chi connectivity index (χ1) is 13.9. The Balaban J connectivity index is 1.64. The van der Waals surface area contributed by atoms with E-state index in [0.717, 1.165) is 23.7 Å². The monoisotopic (exact) mass is 429 g/mol. The number of anilines is 2.